The molecule has 2 nitrogen and oxygen atoms in total. The van der Waals surface area contributed by atoms with Gasteiger partial charge in [0.2, 0.25) is 5.91 Å². The quantitative estimate of drug-likeness (QED) is 0.887. The smallest absolute Gasteiger partial charge is 0.228 e. The summed E-state index contributed by atoms with van der Waals surface area (Å²) >= 11 is 5.00. The van der Waals surface area contributed by atoms with E-state index in [-0.39, 0.29) is 24.2 Å². The van der Waals surface area contributed by atoms with E-state index in [0.29, 0.717) is 5.56 Å². The van der Waals surface area contributed by atoms with Crippen molar-refractivity contribution >= 4 is 33.6 Å². The molecule has 1 unspecified atom stereocenters. The largest absolute Gasteiger partial charge is 0.351 e. The molecule has 0 saturated carbocycles. The third-order valence-corrected chi connectivity index (χ3v) is 5.15. The Balaban J connectivity index is 1.69. The van der Waals surface area contributed by atoms with E-state index in [9.17, 15) is 9.18 Å². The van der Waals surface area contributed by atoms with Gasteiger partial charge in [-0.25, -0.2) is 4.39 Å². The summed E-state index contributed by atoms with van der Waals surface area (Å²) in [6.07, 6.45) is 0. The minimum atomic E-state index is -0.306. The number of amides is 1. The van der Waals surface area contributed by atoms with Gasteiger partial charge >= 0.3 is 0 Å². The predicted octanol–water partition coefficient (Wildman–Crippen LogP) is 4.09. The monoisotopic (exact) mass is 365 g/mol. The van der Waals surface area contributed by atoms with Gasteiger partial charge in [-0.1, -0.05) is 34.1 Å². The van der Waals surface area contributed by atoms with Crippen molar-refractivity contribution in [3.63, 3.8) is 0 Å². The summed E-state index contributed by atoms with van der Waals surface area (Å²) in [7, 11) is 0. The molecule has 1 heterocycles. The molecule has 5 heteroatoms. The molecule has 0 aromatic heterocycles. The van der Waals surface area contributed by atoms with E-state index in [4.69, 9.17) is 0 Å². The van der Waals surface area contributed by atoms with Crippen LogP contribution in [0.5, 0.6) is 0 Å². The number of benzene rings is 2. The molecule has 0 aliphatic carbocycles. The topological polar surface area (TPSA) is 29.1 Å². The molecule has 1 aliphatic heterocycles. The first-order valence-corrected chi connectivity index (χ1v) is 8.36. The van der Waals surface area contributed by atoms with E-state index in [0.717, 1.165) is 20.7 Å². The van der Waals surface area contributed by atoms with Crippen molar-refractivity contribution in [1.82, 2.24) is 5.32 Å². The molecule has 2 aromatic carbocycles. The maximum absolute atomic E-state index is 13.7. The molecular weight excluding hydrogens is 353 g/mol. The second-order valence-electron chi connectivity index (χ2n) is 4.85. The van der Waals surface area contributed by atoms with Crippen LogP contribution in [-0.2, 0) is 11.3 Å². The first kappa shape index (κ1) is 14.6. The lowest BCUT2D eigenvalue weighted by Gasteiger charge is -2.12. The molecule has 1 N–H and O–H groups in total. The fourth-order valence-corrected chi connectivity index (χ4v) is 4.00. The molecular formula is C16H13BrFNOS. The zero-order chi connectivity index (χ0) is 14.8. The number of carbonyl (C=O) groups is 1. The average Bonchev–Trinajstić information content (AvgIpc) is 2.92. The number of thioether (sulfide) groups is 1. The molecule has 108 valence electrons. The minimum Gasteiger partial charge on any atom is -0.351 e. The summed E-state index contributed by atoms with van der Waals surface area (Å²) < 4.78 is 14.5. The van der Waals surface area contributed by atoms with Crippen LogP contribution in [0.1, 0.15) is 17.0 Å². The maximum atomic E-state index is 13.7. The van der Waals surface area contributed by atoms with Crippen molar-refractivity contribution in [3.8, 4) is 0 Å². The second-order valence-corrected chi connectivity index (χ2v) is 6.83. The van der Waals surface area contributed by atoms with Gasteiger partial charge in [-0.2, -0.15) is 0 Å². The summed E-state index contributed by atoms with van der Waals surface area (Å²) in [4.78, 5) is 13.5. The number of nitrogens with one attached hydrogen (secondary N) is 1. The Kier molecular flexibility index (Phi) is 4.31. The molecule has 1 aliphatic rings. The molecule has 1 atom stereocenters. The van der Waals surface area contributed by atoms with E-state index in [2.05, 4.69) is 21.2 Å². The van der Waals surface area contributed by atoms with Crippen LogP contribution in [0.15, 0.2) is 51.8 Å². The molecule has 0 radical (unpaired) electrons. The fourth-order valence-electron chi connectivity index (χ4n) is 2.36. The molecule has 0 spiro atoms. The number of rotatable bonds is 3. The van der Waals surface area contributed by atoms with E-state index in [1.54, 1.807) is 23.9 Å². The normalized spacial score (nSPS) is 16.6. The third-order valence-electron chi connectivity index (χ3n) is 3.48. The average molecular weight is 366 g/mol. The van der Waals surface area contributed by atoms with Crippen LogP contribution in [0.25, 0.3) is 0 Å². The third kappa shape index (κ3) is 3.14. The number of hydrogen-bond acceptors (Lipinski definition) is 2. The molecule has 1 amide bonds. The van der Waals surface area contributed by atoms with E-state index in [1.807, 2.05) is 24.3 Å². The molecule has 21 heavy (non-hydrogen) atoms. The Hall–Kier alpha value is -1.33. The highest BCUT2D eigenvalue weighted by Gasteiger charge is 2.28. The highest BCUT2D eigenvalue weighted by atomic mass is 79.9. The van der Waals surface area contributed by atoms with Crippen LogP contribution in [0.2, 0.25) is 0 Å². The highest BCUT2D eigenvalue weighted by Crippen LogP contribution is 2.39. The predicted molar refractivity (Wildman–Crippen MR) is 85.9 cm³/mol. The first-order valence-electron chi connectivity index (χ1n) is 6.58. The SMILES string of the molecule is O=C(NCc1cc(Br)ccc1F)C1CSc2ccccc21. The van der Waals surface area contributed by atoms with Crippen LogP contribution in [0, 0.1) is 5.82 Å². The summed E-state index contributed by atoms with van der Waals surface area (Å²) in [5.41, 5.74) is 1.55. The van der Waals surface area contributed by atoms with Crippen molar-refractivity contribution < 1.29 is 9.18 Å². The zero-order valence-corrected chi connectivity index (χ0v) is 13.5. The molecule has 0 bridgehead atoms. The van der Waals surface area contributed by atoms with Gasteiger partial charge in [0.25, 0.3) is 0 Å². The molecule has 0 saturated heterocycles. The fraction of sp³-hybridized carbons (Fsp3) is 0.188. The van der Waals surface area contributed by atoms with E-state index >= 15 is 0 Å². The van der Waals surface area contributed by atoms with Gasteiger partial charge in [0, 0.05) is 27.2 Å². The van der Waals surface area contributed by atoms with E-state index < -0.39 is 0 Å². The van der Waals surface area contributed by atoms with Gasteiger partial charge in [-0.05, 0) is 29.8 Å². The standard InChI is InChI=1S/C16H13BrFNOS/c17-11-5-6-14(18)10(7-11)8-19-16(20)13-9-21-15-4-2-1-3-12(13)15/h1-7,13H,8-9H2,(H,19,20). The summed E-state index contributed by atoms with van der Waals surface area (Å²) in [6.45, 7) is 0.202. The van der Waals surface area contributed by atoms with Crippen LogP contribution < -0.4 is 5.32 Å². The van der Waals surface area contributed by atoms with Crippen LogP contribution in [-0.4, -0.2) is 11.7 Å². The lowest BCUT2D eigenvalue weighted by Crippen LogP contribution is -2.29. The Bertz CT molecular complexity index is 692. The second kappa shape index (κ2) is 6.20. The number of halogens is 2. The van der Waals surface area contributed by atoms with Gasteiger partial charge in [-0.15, -0.1) is 11.8 Å². The van der Waals surface area contributed by atoms with Gasteiger partial charge in [-0.3, -0.25) is 4.79 Å². The summed E-state index contributed by atoms with van der Waals surface area (Å²) in [5, 5.41) is 2.84. The minimum absolute atomic E-state index is 0.0492. The van der Waals surface area contributed by atoms with Crippen LogP contribution in [0.4, 0.5) is 4.39 Å². The van der Waals surface area contributed by atoms with Crippen LogP contribution >= 0.6 is 27.7 Å². The maximum Gasteiger partial charge on any atom is 0.228 e. The van der Waals surface area contributed by atoms with Crippen molar-refractivity contribution in [2.24, 2.45) is 0 Å². The van der Waals surface area contributed by atoms with Crippen molar-refractivity contribution in [3.05, 3.63) is 63.9 Å². The molecule has 2 aromatic rings. The number of carbonyl (C=O) groups excluding carboxylic acids is 1. The molecule has 3 rings (SSSR count). The van der Waals surface area contributed by atoms with Crippen molar-refractivity contribution in [2.45, 2.75) is 17.4 Å². The van der Waals surface area contributed by atoms with Gasteiger partial charge in [0.15, 0.2) is 0 Å². The molecule has 0 fully saturated rings. The number of fused-ring (bicyclic) bond motifs is 1. The number of hydrogen-bond donors (Lipinski definition) is 1. The zero-order valence-electron chi connectivity index (χ0n) is 11.1. The lowest BCUT2D eigenvalue weighted by atomic mass is 10.0. The first-order chi connectivity index (χ1) is 10.1. The Labute approximate surface area is 135 Å². The Morgan fingerprint density at radius 3 is 3.00 bits per heavy atom. The van der Waals surface area contributed by atoms with Crippen molar-refractivity contribution in [1.29, 1.82) is 0 Å². The Morgan fingerprint density at radius 1 is 1.33 bits per heavy atom. The van der Waals surface area contributed by atoms with Gasteiger partial charge < -0.3 is 5.32 Å². The summed E-state index contributed by atoms with van der Waals surface area (Å²) in [6, 6.07) is 12.7. The Morgan fingerprint density at radius 2 is 2.14 bits per heavy atom. The summed E-state index contributed by atoms with van der Waals surface area (Å²) in [5.74, 6) is 0.236. The highest BCUT2D eigenvalue weighted by molar-refractivity contribution is 9.10. The van der Waals surface area contributed by atoms with E-state index in [1.165, 1.54) is 6.07 Å². The van der Waals surface area contributed by atoms with Crippen LogP contribution in [0.3, 0.4) is 0 Å². The van der Waals surface area contributed by atoms with Crippen molar-refractivity contribution in [2.75, 3.05) is 5.75 Å². The van der Waals surface area contributed by atoms with Gasteiger partial charge in [0.1, 0.15) is 5.82 Å². The van der Waals surface area contributed by atoms with Gasteiger partial charge in [0.05, 0.1) is 5.92 Å². The lowest BCUT2D eigenvalue weighted by molar-refractivity contribution is -0.122.